The fourth-order valence-electron chi connectivity index (χ4n) is 1.43. The minimum Gasteiger partial charge on any atom is -0.384 e. The van der Waals surface area contributed by atoms with Gasteiger partial charge in [-0.2, -0.15) is 0 Å². The van der Waals surface area contributed by atoms with Gasteiger partial charge in [-0.25, -0.2) is 8.42 Å². The molecule has 0 amide bonds. The highest BCUT2D eigenvalue weighted by Crippen LogP contribution is 2.16. The largest absolute Gasteiger partial charge is 0.384 e. The van der Waals surface area contributed by atoms with E-state index in [1.54, 1.807) is 7.11 Å². The topological polar surface area (TPSA) is 74.1 Å². The molecule has 1 aromatic heterocycles. The van der Waals surface area contributed by atoms with Crippen molar-refractivity contribution in [2.45, 2.75) is 32.0 Å². The van der Waals surface area contributed by atoms with E-state index in [2.05, 4.69) is 10.2 Å². The summed E-state index contributed by atoms with van der Waals surface area (Å²) in [4.78, 5) is 0. The Labute approximate surface area is 105 Å². The van der Waals surface area contributed by atoms with Gasteiger partial charge in [-0.05, 0) is 5.92 Å². The van der Waals surface area contributed by atoms with E-state index in [-0.39, 0.29) is 11.1 Å². The van der Waals surface area contributed by atoms with Crippen molar-refractivity contribution in [3.05, 3.63) is 5.82 Å². The molecule has 0 radical (unpaired) electrons. The molecule has 0 aliphatic rings. The fourth-order valence-corrected chi connectivity index (χ4v) is 2.35. The van der Waals surface area contributed by atoms with Crippen molar-refractivity contribution < 1.29 is 13.2 Å². The lowest BCUT2D eigenvalue weighted by Gasteiger charge is -2.10. The predicted molar refractivity (Wildman–Crippen MR) is 63.5 cm³/mol. The van der Waals surface area contributed by atoms with Gasteiger partial charge >= 0.3 is 0 Å². The Kier molecular flexibility index (Phi) is 4.91. The van der Waals surface area contributed by atoms with Crippen LogP contribution in [0.4, 0.5) is 0 Å². The molecule has 0 fully saturated rings. The summed E-state index contributed by atoms with van der Waals surface area (Å²) in [7, 11) is 3.02. The van der Waals surface area contributed by atoms with Crippen molar-refractivity contribution in [3.8, 4) is 0 Å². The van der Waals surface area contributed by atoms with Crippen LogP contribution in [0.3, 0.4) is 0 Å². The normalized spacial score (nSPS) is 12.3. The third-order valence-electron chi connectivity index (χ3n) is 2.09. The van der Waals surface area contributed by atoms with E-state index >= 15 is 0 Å². The molecule has 98 valence electrons. The lowest BCUT2D eigenvalue weighted by molar-refractivity contribution is 0.199. The highest BCUT2D eigenvalue weighted by molar-refractivity contribution is 8.13. The molecule has 0 bridgehead atoms. The van der Waals surface area contributed by atoms with Crippen LogP contribution in [0.15, 0.2) is 5.16 Å². The van der Waals surface area contributed by atoms with Crippen molar-refractivity contribution in [1.82, 2.24) is 14.8 Å². The molecular weight excluding hydrogens is 266 g/mol. The molecule has 8 heteroatoms. The van der Waals surface area contributed by atoms with Crippen molar-refractivity contribution >= 4 is 19.7 Å². The highest BCUT2D eigenvalue weighted by atomic mass is 35.7. The van der Waals surface area contributed by atoms with Gasteiger partial charge in [-0.1, -0.05) is 13.8 Å². The summed E-state index contributed by atoms with van der Waals surface area (Å²) >= 11 is 0. The third-order valence-corrected chi connectivity index (χ3v) is 3.24. The van der Waals surface area contributed by atoms with Crippen molar-refractivity contribution in [2.75, 3.05) is 13.7 Å². The van der Waals surface area contributed by atoms with Crippen molar-refractivity contribution in [3.63, 3.8) is 0 Å². The molecule has 0 atom stereocenters. The van der Waals surface area contributed by atoms with Crippen LogP contribution in [-0.2, 0) is 26.8 Å². The highest BCUT2D eigenvalue weighted by Gasteiger charge is 2.22. The first-order valence-electron chi connectivity index (χ1n) is 5.22. The second-order valence-corrected chi connectivity index (χ2v) is 6.54. The quantitative estimate of drug-likeness (QED) is 0.729. The van der Waals surface area contributed by atoms with Gasteiger partial charge in [-0.3, -0.25) is 0 Å². The molecule has 0 unspecified atom stereocenters. The van der Waals surface area contributed by atoms with Crippen LogP contribution >= 0.6 is 10.7 Å². The number of rotatable bonds is 6. The van der Waals surface area contributed by atoms with Crippen LogP contribution in [0.2, 0.25) is 0 Å². The Morgan fingerprint density at radius 3 is 2.53 bits per heavy atom. The zero-order chi connectivity index (χ0) is 13.1. The summed E-state index contributed by atoms with van der Waals surface area (Å²) in [5.74, 6) is 0.837. The fraction of sp³-hybridized carbons (Fsp3) is 0.778. The number of halogens is 1. The number of ether oxygens (including phenoxy) is 1. The second-order valence-electron chi connectivity index (χ2n) is 4.08. The van der Waals surface area contributed by atoms with Gasteiger partial charge in [0.25, 0.3) is 14.2 Å². The van der Waals surface area contributed by atoms with E-state index in [4.69, 9.17) is 15.4 Å². The van der Waals surface area contributed by atoms with Crippen LogP contribution in [0.1, 0.15) is 19.7 Å². The maximum Gasteiger partial charge on any atom is 0.296 e. The van der Waals surface area contributed by atoms with Crippen LogP contribution in [-0.4, -0.2) is 36.9 Å². The first-order chi connectivity index (χ1) is 7.86. The van der Waals surface area contributed by atoms with Crippen LogP contribution in [0, 0.1) is 5.92 Å². The molecule has 0 aliphatic heterocycles. The van der Waals surface area contributed by atoms with Gasteiger partial charge in [0.15, 0.2) is 0 Å². The molecule has 6 nitrogen and oxygen atoms in total. The summed E-state index contributed by atoms with van der Waals surface area (Å²) in [6, 6.07) is 0. The van der Waals surface area contributed by atoms with E-state index in [9.17, 15) is 8.42 Å². The molecule has 17 heavy (non-hydrogen) atoms. The smallest absolute Gasteiger partial charge is 0.296 e. The average molecular weight is 282 g/mol. The minimum atomic E-state index is -3.86. The van der Waals surface area contributed by atoms with Gasteiger partial charge in [0.05, 0.1) is 6.61 Å². The summed E-state index contributed by atoms with van der Waals surface area (Å²) in [5, 5.41) is 7.28. The average Bonchev–Trinajstić information content (AvgIpc) is 2.56. The summed E-state index contributed by atoms with van der Waals surface area (Å²) in [6.45, 7) is 4.92. The van der Waals surface area contributed by atoms with E-state index in [0.717, 1.165) is 0 Å². The van der Waals surface area contributed by atoms with E-state index in [0.29, 0.717) is 25.4 Å². The van der Waals surface area contributed by atoms with Gasteiger partial charge in [0.1, 0.15) is 5.82 Å². The Bertz CT molecular complexity index is 470. The predicted octanol–water partition coefficient (Wildman–Crippen LogP) is 1.05. The third kappa shape index (κ3) is 3.93. The SMILES string of the molecule is COCCc1nnc(S(=O)(=O)Cl)n1CC(C)C. The molecule has 0 spiro atoms. The Balaban J connectivity index is 3.11. The zero-order valence-corrected chi connectivity index (χ0v) is 11.6. The summed E-state index contributed by atoms with van der Waals surface area (Å²) in [6.07, 6.45) is 0.503. The number of methoxy groups -OCH3 is 1. The number of nitrogens with zero attached hydrogens (tertiary/aromatic N) is 3. The lowest BCUT2D eigenvalue weighted by atomic mass is 10.2. The molecule has 1 heterocycles. The number of hydrogen-bond donors (Lipinski definition) is 0. The minimum absolute atomic E-state index is 0.195. The second kappa shape index (κ2) is 5.79. The number of aromatic nitrogens is 3. The lowest BCUT2D eigenvalue weighted by Crippen LogP contribution is -2.14. The maximum atomic E-state index is 11.3. The van der Waals surface area contributed by atoms with Crippen LogP contribution < -0.4 is 0 Å². The van der Waals surface area contributed by atoms with Gasteiger partial charge in [0.2, 0.25) is 0 Å². The molecule has 0 saturated carbocycles. The van der Waals surface area contributed by atoms with Gasteiger partial charge < -0.3 is 9.30 Å². The zero-order valence-electron chi connectivity index (χ0n) is 10.1. The summed E-state index contributed by atoms with van der Waals surface area (Å²) in [5.41, 5.74) is 0. The summed E-state index contributed by atoms with van der Waals surface area (Å²) < 4.78 is 29.1. The Morgan fingerprint density at radius 2 is 2.06 bits per heavy atom. The molecule has 1 rings (SSSR count). The van der Waals surface area contributed by atoms with Gasteiger partial charge in [-0.15, -0.1) is 10.2 Å². The van der Waals surface area contributed by atoms with E-state index in [1.807, 2.05) is 13.8 Å². The molecule has 0 aromatic carbocycles. The first kappa shape index (κ1) is 14.4. The van der Waals surface area contributed by atoms with E-state index < -0.39 is 9.05 Å². The van der Waals surface area contributed by atoms with Crippen LogP contribution in [0.25, 0.3) is 0 Å². The molecule has 0 aliphatic carbocycles. The molecular formula is C9H16ClN3O3S. The van der Waals surface area contributed by atoms with Crippen molar-refractivity contribution in [1.29, 1.82) is 0 Å². The molecule has 0 N–H and O–H groups in total. The van der Waals surface area contributed by atoms with E-state index in [1.165, 1.54) is 4.57 Å². The van der Waals surface area contributed by atoms with Gasteiger partial charge in [0, 0.05) is 30.8 Å². The van der Waals surface area contributed by atoms with Crippen LogP contribution in [0.5, 0.6) is 0 Å². The van der Waals surface area contributed by atoms with Crippen molar-refractivity contribution in [2.24, 2.45) is 5.92 Å². The maximum absolute atomic E-state index is 11.3. The molecule has 0 saturated heterocycles. The first-order valence-corrected chi connectivity index (χ1v) is 7.53. The standard InChI is InChI=1S/C9H16ClN3O3S/c1-7(2)6-13-8(4-5-16-3)11-12-9(13)17(10,14)15/h7H,4-6H2,1-3H3. The number of hydrogen-bond acceptors (Lipinski definition) is 5. The Hall–Kier alpha value is -0.660. The Morgan fingerprint density at radius 1 is 1.41 bits per heavy atom. The monoisotopic (exact) mass is 281 g/mol. The molecule has 1 aromatic rings.